The van der Waals surface area contributed by atoms with E-state index in [0.717, 1.165) is 21.9 Å². The quantitative estimate of drug-likeness (QED) is 0.815. The van der Waals surface area contributed by atoms with Crippen LogP contribution in [-0.2, 0) is 17.9 Å². The van der Waals surface area contributed by atoms with Gasteiger partial charge in [0.25, 0.3) is 5.56 Å². The van der Waals surface area contributed by atoms with Crippen LogP contribution >= 0.6 is 27.3 Å². The molecule has 6 nitrogen and oxygen atoms in total. The van der Waals surface area contributed by atoms with Gasteiger partial charge in [0, 0.05) is 17.5 Å². The number of unbranched alkanes of at least 4 members (excludes halogenated alkanes) is 1. The summed E-state index contributed by atoms with van der Waals surface area (Å²) in [7, 11) is 0. The Hall–Kier alpha value is -1.41. The molecule has 0 saturated heterocycles. The Balaban J connectivity index is 2.56. The van der Waals surface area contributed by atoms with E-state index in [1.165, 1.54) is 11.3 Å². The van der Waals surface area contributed by atoms with Crippen LogP contribution in [0.25, 0.3) is 10.2 Å². The fourth-order valence-electron chi connectivity index (χ4n) is 2.45. The summed E-state index contributed by atoms with van der Waals surface area (Å²) in [6.07, 6.45) is 1.75. The summed E-state index contributed by atoms with van der Waals surface area (Å²) in [5, 5.41) is 4.58. The van der Waals surface area contributed by atoms with Crippen molar-refractivity contribution in [2.45, 2.75) is 59.2 Å². The molecule has 0 aliphatic rings. The highest BCUT2D eigenvalue weighted by Gasteiger charge is 2.20. The van der Waals surface area contributed by atoms with Crippen LogP contribution in [0, 0.1) is 0 Å². The van der Waals surface area contributed by atoms with Gasteiger partial charge in [0.05, 0.1) is 9.99 Å². The van der Waals surface area contributed by atoms with Crippen LogP contribution in [0.4, 0.5) is 0 Å². The van der Waals surface area contributed by atoms with Crippen LogP contribution in [0.3, 0.4) is 0 Å². The number of carbonyl (C=O) groups excluding carboxylic acids is 1. The van der Waals surface area contributed by atoms with Gasteiger partial charge in [-0.2, -0.15) is 0 Å². The molecule has 0 atom stereocenters. The van der Waals surface area contributed by atoms with E-state index in [-0.39, 0.29) is 12.5 Å². The van der Waals surface area contributed by atoms with Crippen LogP contribution < -0.4 is 16.6 Å². The summed E-state index contributed by atoms with van der Waals surface area (Å²) in [6.45, 7) is 7.85. The number of aromatic nitrogens is 2. The molecule has 0 aliphatic carbocycles. The predicted molar refractivity (Wildman–Crippen MR) is 101 cm³/mol. The lowest BCUT2D eigenvalue weighted by Gasteiger charge is -2.21. The summed E-state index contributed by atoms with van der Waals surface area (Å²) in [6, 6.07) is 0. The van der Waals surface area contributed by atoms with Crippen molar-refractivity contribution in [2.24, 2.45) is 0 Å². The predicted octanol–water partition coefficient (Wildman–Crippen LogP) is 2.70. The summed E-state index contributed by atoms with van der Waals surface area (Å²) < 4.78 is 3.84. The molecule has 132 valence electrons. The van der Waals surface area contributed by atoms with Crippen LogP contribution in [0.15, 0.2) is 19.4 Å². The molecular formula is C16H22BrN3O3S. The minimum Gasteiger partial charge on any atom is -0.350 e. The van der Waals surface area contributed by atoms with Gasteiger partial charge in [0.2, 0.25) is 5.91 Å². The lowest BCUT2D eigenvalue weighted by molar-refractivity contribution is -0.123. The number of nitrogens with zero attached hydrogens (tertiary/aromatic N) is 2. The molecule has 2 rings (SSSR count). The Morgan fingerprint density at radius 2 is 1.96 bits per heavy atom. The van der Waals surface area contributed by atoms with Gasteiger partial charge in [0.15, 0.2) is 0 Å². The molecule has 8 heteroatoms. The van der Waals surface area contributed by atoms with Crippen molar-refractivity contribution >= 4 is 43.4 Å². The highest BCUT2D eigenvalue weighted by Crippen LogP contribution is 2.27. The fourth-order valence-corrected chi connectivity index (χ4v) is 4.15. The minimum atomic E-state index is -0.441. The lowest BCUT2D eigenvalue weighted by Crippen LogP contribution is -2.47. The van der Waals surface area contributed by atoms with Crippen LogP contribution in [0.2, 0.25) is 0 Å². The molecule has 0 fully saturated rings. The Kier molecular flexibility index (Phi) is 5.70. The third-order valence-electron chi connectivity index (χ3n) is 3.44. The number of carbonyl (C=O) groups is 1. The number of fused-ring (bicyclic) bond motifs is 1. The second kappa shape index (κ2) is 7.23. The molecule has 0 aliphatic heterocycles. The number of thiophene rings is 1. The van der Waals surface area contributed by atoms with E-state index in [0.29, 0.717) is 16.8 Å². The first-order valence-electron chi connectivity index (χ1n) is 7.87. The highest BCUT2D eigenvalue weighted by atomic mass is 79.9. The molecule has 0 unspecified atom stereocenters. The average molecular weight is 416 g/mol. The van der Waals surface area contributed by atoms with E-state index < -0.39 is 16.8 Å². The van der Waals surface area contributed by atoms with Crippen molar-refractivity contribution in [3.05, 3.63) is 30.7 Å². The Labute approximate surface area is 152 Å². The first-order chi connectivity index (χ1) is 11.2. The molecule has 2 heterocycles. The van der Waals surface area contributed by atoms with Crippen LogP contribution in [-0.4, -0.2) is 20.6 Å². The summed E-state index contributed by atoms with van der Waals surface area (Å²) in [4.78, 5) is 37.6. The van der Waals surface area contributed by atoms with Gasteiger partial charge in [-0.3, -0.25) is 14.2 Å². The normalized spacial score (nSPS) is 11.9. The zero-order chi connectivity index (χ0) is 18.1. The third kappa shape index (κ3) is 3.97. The topological polar surface area (TPSA) is 73.1 Å². The molecule has 24 heavy (non-hydrogen) atoms. The first-order valence-corrected chi connectivity index (χ1v) is 9.54. The molecule has 2 aromatic heterocycles. The number of halogens is 1. The molecule has 0 spiro atoms. The largest absolute Gasteiger partial charge is 0.350 e. The van der Waals surface area contributed by atoms with Gasteiger partial charge in [-0.25, -0.2) is 9.36 Å². The van der Waals surface area contributed by atoms with Crippen molar-refractivity contribution in [1.82, 2.24) is 14.5 Å². The standard InChI is InChI=1S/C16H22BrN3O3S/c1-5-6-7-19-12-10(17)9-24-13(12)14(22)20(15(19)23)8-11(21)18-16(2,3)4/h9H,5-8H2,1-4H3,(H,18,21). The van der Waals surface area contributed by atoms with Crippen molar-refractivity contribution in [1.29, 1.82) is 0 Å². The maximum Gasteiger partial charge on any atom is 0.332 e. The number of hydrogen-bond acceptors (Lipinski definition) is 4. The Morgan fingerprint density at radius 3 is 2.54 bits per heavy atom. The van der Waals surface area contributed by atoms with E-state index in [4.69, 9.17) is 0 Å². The smallest absolute Gasteiger partial charge is 0.332 e. The second-order valence-electron chi connectivity index (χ2n) is 6.74. The number of nitrogens with one attached hydrogen (secondary N) is 1. The van der Waals surface area contributed by atoms with Gasteiger partial charge in [0.1, 0.15) is 11.2 Å². The number of amides is 1. The van der Waals surface area contributed by atoms with Gasteiger partial charge >= 0.3 is 5.69 Å². The second-order valence-corrected chi connectivity index (χ2v) is 8.47. The van der Waals surface area contributed by atoms with Gasteiger partial charge in [-0.1, -0.05) is 13.3 Å². The van der Waals surface area contributed by atoms with E-state index in [1.54, 1.807) is 9.95 Å². The molecular weight excluding hydrogens is 394 g/mol. The zero-order valence-electron chi connectivity index (χ0n) is 14.3. The molecule has 1 amide bonds. The Bertz CT molecular complexity index is 874. The van der Waals surface area contributed by atoms with Crippen molar-refractivity contribution in [3.63, 3.8) is 0 Å². The molecule has 2 aromatic rings. The maximum absolute atomic E-state index is 12.8. The third-order valence-corrected chi connectivity index (χ3v) is 5.31. The number of aryl methyl sites for hydroxylation is 1. The van der Waals surface area contributed by atoms with Gasteiger partial charge in [-0.15, -0.1) is 11.3 Å². The maximum atomic E-state index is 12.8. The number of hydrogen-bond donors (Lipinski definition) is 1. The summed E-state index contributed by atoms with van der Waals surface area (Å²) in [5.41, 5.74) is -0.652. The molecule has 0 radical (unpaired) electrons. The molecule has 0 saturated carbocycles. The molecule has 1 N–H and O–H groups in total. The molecule has 0 aromatic carbocycles. The lowest BCUT2D eigenvalue weighted by atomic mass is 10.1. The van der Waals surface area contributed by atoms with E-state index in [9.17, 15) is 14.4 Å². The van der Waals surface area contributed by atoms with Crippen molar-refractivity contribution in [3.8, 4) is 0 Å². The Morgan fingerprint density at radius 1 is 1.29 bits per heavy atom. The SMILES string of the molecule is CCCCn1c(=O)n(CC(=O)NC(C)(C)C)c(=O)c2scc(Br)c21. The van der Waals surface area contributed by atoms with E-state index in [1.807, 2.05) is 27.7 Å². The minimum absolute atomic E-state index is 0.271. The zero-order valence-corrected chi connectivity index (χ0v) is 16.7. The van der Waals surface area contributed by atoms with Crippen molar-refractivity contribution < 1.29 is 4.79 Å². The van der Waals surface area contributed by atoms with E-state index >= 15 is 0 Å². The molecule has 0 bridgehead atoms. The fraction of sp³-hybridized carbons (Fsp3) is 0.562. The van der Waals surface area contributed by atoms with Gasteiger partial charge in [-0.05, 0) is 43.1 Å². The number of rotatable bonds is 5. The van der Waals surface area contributed by atoms with Gasteiger partial charge < -0.3 is 5.32 Å². The summed E-state index contributed by atoms with van der Waals surface area (Å²) in [5.74, 6) is -0.348. The first kappa shape index (κ1) is 18.9. The monoisotopic (exact) mass is 415 g/mol. The van der Waals surface area contributed by atoms with Crippen LogP contribution in [0.5, 0.6) is 0 Å². The average Bonchev–Trinajstić information content (AvgIpc) is 2.84. The highest BCUT2D eigenvalue weighted by molar-refractivity contribution is 9.10. The van der Waals surface area contributed by atoms with Crippen molar-refractivity contribution in [2.75, 3.05) is 0 Å². The summed E-state index contributed by atoms with van der Waals surface area (Å²) >= 11 is 4.70. The van der Waals surface area contributed by atoms with Crippen LogP contribution in [0.1, 0.15) is 40.5 Å². The van der Waals surface area contributed by atoms with E-state index in [2.05, 4.69) is 21.2 Å².